The van der Waals surface area contributed by atoms with Gasteiger partial charge in [0.15, 0.2) is 12.1 Å². The third-order valence-corrected chi connectivity index (χ3v) is 5.64. The number of benzene rings is 1. The summed E-state index contributed by atoms with van der Waals surface area (Å²) in [5.41, 5.74) is 0.990. The van der Waals surface area contributed by atoms with E-state index in [4.69, 9.17) is 18.9 Å². The number of nitrogens with one attached hydrogen (secondary N) is 1. The lowest BCUT2D eigenvalue weighted by atomic mass is 10.1. The summed E-state index contributed by atoms with van der Waals surface area (Å²) in [4.78, 5) is 0.203. The van der Waals surface area contributed by atoms with Crippen LogP contribution in [0, 0.1) is 6.92 Å². The molecule has 1 aromatic carbocycles. The molecule has 0 bridgehead atoms. The van der Waals surface area contributed by atoms with E-state index in [-0.39, 0.29) is 4.90 Å². The van der Waals surface area contributed by atoms with Gasteiger partial charge < -0.3 is 18.9 Å². The molecule has 0 aliphatic carbocycles. The van der Waals surface area contributed by atoms with Crippen LogP contribution in [0.15, 0.2) is 29.2 Å². The Morgan fingerprint density at radius 2 is 1.60 bits per heavy atom. The summed E-state index contributed by atoms with van der Waals surface area (Å²) in [5.74, 6) is -0.867. The maximum absolute atomic E-state index is 12.6. The van der Waals surface area contributed by atoms with Crippen molar-refractivity contribution in [2.75, 3.05) is 14.2 Å². The molecule has 3 atom stereocenters. The zero-order chi connectivity index (χ0) is 18.8. The van der Waals surface area contributed by atoms with E-state index in [2.05, 4.69) is 4.72 Å². The molecule has 1 saturated heterocycles. The lowest BCUT2D eigenvalue weighted by Gasteiger charge is -2.28. The molecule has 8 heteroatoms. The monoisotopic (exact) mass is 373 g/mol. The van der Waals surface area contributed by atoms with E-state index < -0.39 is 40.4 Å². The molecule has 0 spiro atoms. The SMILES string of the molecule is COC(OC)[C@@H]1OC(C)(C)O[C@@H]1[C@H](C)NS(=O)(=O)c1ccc(C)cc1. The second-order valence-corrected chi connectivity index (χ2v) is 8.34. The number of aryl methyl sites for hydroxylation is 1. The van der Waals surface area contributed by atoms with Crippen LogP contribution in [0.2, 0.25) is 0 Å². The van der Waals surface area contributed by atoms with Crippen LogP contribution in [0.25, 0.3) is 0 Å². The third-order valence-electron chi connectivity index (χ3n) is 4.06. The van der Waals surface area contributed by atoms with Crippen LogP contribution >= 0.6 is 0 Å². The molecule has 142 valence electrons. The van der Waals surface area contributed by atoms with Crippen LogP contribution in [0.4, 0.5) is 0 Å². The van der Waals surface area contributed by atoms with E-state index in [9.17, 15) is 8.42 Å². The molecule has 0 aromatic heterocycles. The maximum atomic E-state index is 12.6. The van der Waals surface area contributed by atoms with Crippen LogP contribution in [0.5, 0.6) is 0 Å². The zero-order valence-corrected chi connectivity index (χ0v) is 16.3. The Morgan fingerprint density at radius 1 is 1.08 bits per heavy atom. The molecule has 1 aliphatic heterocycles. The first kappa shape index (κ1) is 20.3. The molecule has 7 nitrogen and oxygen atoms in total. The van der Waals surface area contributed by atoms with Crippen molar-refractivity contribution in [1.82, 2.24) is 4.72 Å². The Kier molecular flexibility index (Phi) is 6.24. The van der Waals surface area contributed by atoms with Crippen molar-refractivity contribution in [1.29, 1.82) is 0 Å². The average molecular weight is 373 g/mol. The van der Waals surface area contributed by atoms with E-state index >= 15 is 0 Å². The van der Waals surface area contributed by atoms with Gasteiger partial charge in [0.1, 0.15) is 12.2 Å². The normalized spacial score (nSPS) is 24.6. The molecule has 0 radical (unpaired) electrons. The fourth-order valence-electron chi connectivity index (χ4n) is 2.88. The quantitative estimate of drug-likeness (QED) is 0.734. The largest absolute Gasteiger partial charge is 0.353 e. The molecule has 1 aromatic rings. The van der Waals surface area contributed by atoms with Gasteiger partial charge in [-0.2, -0.15) is 0 Å². The predicted octanol–water partition coefficient (Wildman–Crippen LogP) is 1.80. The molecule has 2 rings (SSSR count). The Labute approximate surface area is 149 Å². The highest BCUT2D eigenvalue weighted by Gasteiger charge is 2.48. The van der Waals surface area contributed by atoms with E-state index in [0.717, 1.165) is 5.56 Å². The standard InChI is InChI=1S/C17H27NO6S/c1-11-7-9-13(10-8-11)25(19,20)18-12(2)14-15(16(21-5)22-6)24-17(3,4)23-14/h7-10,12,14-16,18H,1-6H3/t12-,14+,15+/m0/s1. The molecule has 1 heterocycles. The Hall–Kier alpha value is -1.03. The summed E-state index contributed by atoms with van der Waals surface area (Å²) in [7, 11) is -0.679. The summed E-state index contributed by atoms with van der Waals surface area (Å²) in [6.07, 6.45) is -1.81. The van der Waals surface area contributed by atoms with Crippen molar-refractivity contribution in [3.8, 4) is 0 Å². The summed E-state index contributed by atoms with van der Waals surface area (Å²) < 4.78 is 50.2. The zero-order valence-electron chi connectivity index (χ0n) is 15.5. The summed E-state index contributed by atoms with van der Waals surface area (Å²) in [5, 5.41) is 0. The minimum absolute atomic E-state index is 0.203. The lowest BCUT2D eigenvalue weighted by Crippen LogP contribution is -2.49. The van der Waals surface area contributed by atoms with Crippen LogP contribution < -0.4 is 4.72 Å². The lowest BCUT2D eigenvalue weighted by molar-refractivity contribution is -0.201. The molecule has 1 aliphatic rings. The van der Waals surface area contributed by atoms with Crippen LogP contribution in [-0.4, -0.2) is 53.0 Å². The first-order valence-electron chi connectivity index (χ1n) is 8.10. The van der Waals surface area contributed by atoms with Crippen LogP contribution in [-0.2, 0) is 29.0 Å². The Bertz CT molecular complexity index is 669. The van der Waals surface area contributed by atoms with Gasteiger partial charge in [-0.1, -0.05) is 17.7 Å². The molecular formula is C17H27NO6S. The van der Waals surface area contributed by atoms with Crippen LogP contribution in [0.3, 0.4) is 0 Å². The maximum Gasteiger partial charge on any atom is 0.240 e. The van der Waals surface area contributed by atoms with Crippen molar-refractivity contribution in [2.24, 2.45) is 0 Å². The Balaban J connectivity index is 2.19. The smallest absolute Gasteiger partial charge is 0.240 e. The topological polar surface area (TPSA) is 83.1 Å². The van der Waals surface area contributed by atoms with E-state index in [0.29, 0.717) is 0 Å². The van der Waals surface area contributed by atoms with Gasteiger partial charge >= 0.3 is 0 Å². The van der Waals surface area contributed by atoms with Gasteiger partial charge in [-0.15, -0.1) is 0 Å². The minimum atomic E-state index is -3.68. The summed E-state index contributed by atoms with van der Waals surface area (Å²) in [6, 6.07) is 6.11. The predicted molar refractivity (Wildman–Crippen MR) is 92.6 cm³/mol. The van der Waals surface area contributed by atoms with Crippen molar-refractivity contribution >= 4 is 10.0 Å². The fraction of sp³-hybridized carbons (Fsp3) is 0.647. The van der Waals surface area contributed by atoms with Crippen molar-refractivity contribution in [2.45, 2.75) is 62.9 Å². The van der Waals surface area contributed by atoms with E-state index in [1.165, 1.54) is 14.2 Å². The number of sulfonamides is 1. The number of methoxy groups -OCH3 is 2. The molecular weight excluding hydrogens is 346 g/mol. The number of rotatable bonds is 7. The van der Waals surface area contributed by atoms with E-state index in [1.54, 1.807) is 45.0 Å². The minimum Gasteiger partial charge on any atom is -0.353 e. The second kappa shape index (κ2) is 7.69. The molecule has 1 N–H and O–H groups in total. The molecule has 0 amide bonds. The molecule has 1 fully saturated rings. The van der Waals surface area contributed by atoms with Gasteiger partial charge in [0.25, 0.3) is 0 Å². The van der Waals surface area contributed by atoms with Crippen molar-refractivity contribution in [3.05, 3.63) is 29.8 Å². The van der Waals surface area contributed by atoms with Gasteiger partial charge in [0, 0.05) is 20.3 Å². The number of hydrogen-bond donors (Lipinski definition) is 1. The number of ether oxygens (including phenoxy) is 4. The first-order chi connectivity index (χ1) is 11.6. The van der Waals surface area contributed by atoms with Gasteiger partial charge in [-0.3, -0.25) is 0 Å². The highest BCUT2D eigenvalue weighted by atomic mass is 32.2. The molecule has 0 unspecified atom stereocenters. The molecule has 25 heavy (non-hydrogen) atoms. The Morgan fingerprint density at radius 3 is 2.12 bits per heavy atom. The second-order valence-electron chi connectivity index (χ2n) is 6.63. The van der Waals surface area contributed by atoms with Gasteiger partial charge in [0.05, 0.1) is 4.90 Å². The highest BCUT2D eigenvalue weighted by molar-refractivity contribution is 7.89. The first-order valence-corrected chi connectivity index (χ1v) is 9.58. The number of hydrogen-bond acceptors (Lipinski definition) is 6. The van der Waals surface area contributed by atoms with Crippen LogP contribution in [0.1, 0.15) is 26.3 Å². The highest BCUT2D eigenvalue weighted by Crippen LogP contribution is 2.33. The average Bonchev–Trinajstić information content (AvgIpc) is 2.84. The third kappa shape index (κ3) is 4.78. The van der Waals surface area contributed by atoms with Crippen molar-refractivity contribution < 1.29 is 27.4 Å². The van der Waals surface area contributed by atoms with E-state index in [1.807, 2.05) is 6.92 Å². The van der Waals surface area contributed by atoms with Gasteiger partial charge in [-0.25, -0.2) is 13.1 Å². The van der Waals surface area contributed by atoms with Crippen molar-refractivity contribution in [3.63, 3.8) is 0 Å². The van der Waals surface area contributed by atoms with Gasteiger partial charge in [-0.05, 0) is 39.8 Å². The summed E-state index contributed by atoms with van der Waals surface area (Å²) in [6.45, 7) is 7.17. The molecule has 0 saturated carbocycles. The fourth-order valence-corrected chi connectivity index (χ4v) is 4.13. The summed E-state index contributed by atoms with van der Waals surface area (Å²) >= 11 is 0. The van der Waals surface area contributed by atoms with Gasteiger partial charge in [0.2, 0.25) is 10.0 Å².